The maximum absolute atomic E-state index is 8.90. The molecule has 0 radical (unpaired) electrons. The van der Waals surface area contributed by atoms with Crippen LogP contribution in [0.2, 0.25) is 10.0 Å². The number of benzene rings is 1. The van der Waals surface area contributed by atoms with E-state index in [9.17, 15) is 0 Å². The summed E-state index contributed by atoms with van der Waals surface area (Å²) in [6.07, 6.45) is 1.33. The van der Waals surface area contributed by atoms with Crippen LogP contribution in [0.1, 0.15) is 5.56 Å². The third-order valence-corrected chi connectivity index (χ3v) is 2.54. The summed E-state index contributed by atoms with van der Waals surface area (Å²) >= 11 is 11.6. The molecule has 0 unspecified atom stereocenters. The Morgan fingerprint density at radius 1 is 1.27 bits per heavy atom. The molecule has 0 atom stereocenters. The normalized spacial score (nSPS) is 9.93. The van der Waals surface area contributed by atoms with E-state index in [0.29, 0.717) is 26.9 Å². The number of halogens is 2. The van der Waals surface area contributed by atoms with Gasteiger partial charge in [-0.25, -0.2) is 0 Å². The average Bonchev–Trinajstić information content (AvgIpc) is 2.74. The third kappa shape index (κ3) is 1.80. The molecule has 0 aliphatic rings. The Morgan fingerprint density at radius 2 is 2.00 bits per heavy atom. The first-order chi connectivity index (χ1) is 7.22. The number of nitrogens with zero attached hydrogens (tertiary/aromatic N) is 3. The minimum Gasteiger partial charge on any atom is -0.345 e. The maximum atomic E-state index is 8.90. The van der Waals surface area contributed by atoms with E-state index in [1.54, 1.807) is 6.07 Å². The Bertz CT molecular complexity index is 531. The summed E-state index contributed by atoms with van der Waals surface area (Å²) in [5, 5.41) is 16.6. The molecule has 0 spiro atoms. The van der Waals surface area contributed by atoms with E-state index in [4.69, 9.17) is 28.5 Å². The van der Waals surface area contributed by atoms with Crippen LogP contribution in [0.5, 0.6) is 0 Å². The van der Waals surface area contributed by atoms with Crippen LogP contribution < -0.4 is 0 Å². The molecule has 2 aromatic rings. The largest absolute Gasteiger partial charge is 0.345 e. The highest BCUT2D eigenvalue weighted by atomic mass is 35.5. The van der Waals surface area contributed by atoms with Crippen LogP contribution in [0.25, 0.3) is 11.3 Å². The molecule has 0 N–H and O–H groups in total. The zero-order valence-electron chi connectivity index (χ0n) is 7.24. The second kappa shape index (κ2) is 3.89. The number of aromatic nitrogens is 2. The first-order valence-electron chi connectivity index (χ1n) is 3.89. The molecule has 0 aliphatic carbocycles. The summed E-state index contributed by atoms with van der Waals surface area (Å²) in [6.45, 7) is 0. The van der Waals surface area contributed by atoms with Crippen LogP contribution in [0, 0.1) is 11.3 Å². The number of hydrogen-bond donors (Lipinski definition) is 0. The molecule has 0 fully saturated rings. The molecular weight excluding hydrogens is 237 g/mol. The Kier molecular flexibility index (Phi) is 2.58. The Morgan fingerprint density at radius 3 is 2.60 bits per heavy atom. The second-order valence-electron chi connectivity index (χ2n) is 2.71. The topological polar surface area (TPSA) is 62.7 Å². The zero-order valence-corrected chi connectivity index (χ0v) is 8.75. The fourth-order valence-corrected chi connectivity index (χ4v) is 1.46. The smallest absolute Gasteiger partial charge is 0.152 e. The predicted molar refractivity (Wildman–Crippen MR) is 54.5 cm³/mol. The van der Waals surface area contributed by atoms with Crippen molar-refractivity contribution in [2.24, 2.45) is 0 Å². The van der Waals surface area contributed by atoms with Crippen LogP contribution in [0.15, 0.2) is 22.9 Å². The molecule has 1 aromatic heterocycles. The third-order valence-electron chi connectivity index (χ3n) is 1.82. The Hall–Kier alpha value is -1.57. The molecule has 0 amide bonds. The van der Waals surface area contributed by atoms with Crippen molar-refractivity contribution in [2.45, 2.75) is 0 Å². The monoisotopic (exact) mass is 239 g/mol. The summed E-state index contributed by atoms with van der Waals surface area (Å²) in [4.78, 5) is 0. The van der Waals surface area contributed by atoms with Crippen molar-refractivity contribution in [3.63, 3.8) is 0 Å². The fourth-order valence-electron chi connectivity index (χ4n) is 1.13. The molecule has 4 nitrogen and oxygen atoms in total. The summed E-state index contributed by atoms with van der Waals surface area (Å²) in [6, 6.07) is 5.04. The van der Waals surface area contributed by atoms with Gasteiger partial charge in [0, 0.05) is 10.8 Å². The van der Waals surface area contributed by atoms with E-state index in [-0.39, 0.29) is 0 Å². The molecule has 0 aliphatic heterocycles. The molecule has 1 heterocycles. The van der Waals surface area contributed by atoms with Crippen molar-refractivity contribution < 1.29 is 4.52 Å². The summed E-state index contributed by atoms with van der Waals surface area (Å²) in [7, 11) is 0. The quantitative estimate of drug-likeness (QED) is 0.768. The summed E-state index contributed by atoms with van der Waals surface area (Å²) < 4.78 is 4.59. The Balaban J connectivity index is 2.67. The SMILES string of the molecule is N#Cc1cc(Cl)c(Cl)cc1-c1conn1. The van der Waals surface area contributed by atoms with Gasteiger partial charge in [-0.3, -0.25) is 0 Å². The summed E-state index contributed by atoms with van der Waals surface area (Å²) in [5.41, 5.74) is 1.37. The van der Waals surface area contributed by atoms with Gasteiger partial charge >= 0.3 is 0 Å². The van der Waals surface area contributed by atoms with Gasteiger partial charge in [0.2, 0.25) is 0 Å². The van der Waals surface area contributed by atoms with E-state index in [0.717, 1.165) is 0 Å². The Labute approximate surface area is 95.0 Å². The lowest BCUT2D eigenvalue weighted by Gasteiger charge is -2.01. The van der Waals surface area contributed by atoms with Crippen molar-refractivity contribution in [3.8, 4) is 17.3 Å². The van der Waals surface area contributed by atoms with E-state index in [1.807, 2.05) is 6.07 Å². The van der Waals surface area contributed by atoms with E-state index < -0.39 is 0 Å². The maximum Gasteiger partial charge on any atom is 0.152 e. The van der Waals surface area contributed by atoms with E-state index >= 15 is 0 Å². The lowest BCUT2D eigenvalue weighted by molar-refractivity contribution is 0.393. The second-order valence-corrected chi connectivity index (χ2v) is 3.53. The van der Waals surface area contributed by atoms with Crippen LogP contribution >= 0.6 is 23.2 Å². The summed E-state index contributed by atoms with van der Waals surface area (Å²) in [5.74, 6) is 0. The predicted octanol–water partition coefficient (Wildman–Crippen LogP) is 2.92. The first-order valence-corrected chi connectivity index (χ1v) is 4.64. The van der Waals surface area contributed by atoms with Gasteiger partial charge in [0.05, 0.1) is 21.7 Å². The molecule has 74 valence electrons. The van der Waals surface area contributed by atoms with E-state index in [2.05, 4.69) is 14.9 Å². The molecule has 2 rings (SSSR count). The first kappa shape index (κ1) is 9.97. The van der Waals surface area contributed by atoms with Crippen molar-refractivity contribution in [3.05, 3.63) is 34.0 Å². The van der Waals surface area contributed by atoms with Gasteiger partial charge in [-0.1, -0.05) is 23.2 Å². The van der Waals surface area contributed by atoms with Crippen LogP contribution in [-0.2, 0) is 0 Å². The minimum absolute atomic E-state index is 0.327. The van der Waals surface area contributed by atoms with Gasteiger partial charge in [0.1, 0.15) is 5.69 Å². The average molecular weight is 240 g/mol. The molecule has 1 aromatic carbocycles. The van der Waals surface area contributed by atoms with Gasteiger partial charge in [0.15, 0.2) is 6.26 Å². The highest BCUT2D eigenvalue weighted by Crippen LogP contribution is 2.30. The van der Waals surface area contributed by atoms with Crippen molar-refractivity contribution in [2.75, 3.05) is 0 Å². The zero-order chi connectivity index (χ0) is 10.8. The number of rotatable bonds is 1. The standard InChI is InChI=1S/C9H3Cl2N3O/c10-7-1-5(3-12)6(2-8(7)11)9-4-15-14-13-9/h1-2,4H. The van der Waals surface area contributed by atoms with E-state index in [1.165, 1.54) is 12.3 Å². The van der Waals surface area contributed by atoms with Crippen LogP contribution in [0.4, 0.5) is 0 Å². The van der Waals surface area contributed by atoms with Gasteiger partial charge in [-0.2, -0.15) is 5.26 Å². The molecule has 15 heavy (non-hydrogen) atoms. The van der Waals surface area contributed by atoms with Gasteiger partial charge in [-0.15, -0.1) is 5.10 Å². The van der Waals surface area contributed by atoms with Gasteiger partial charge < -0.3 is 4.52 Å². The van der Waals surface area contributed by atoms with Crippen molar-refractivity contribution >= 4 is 23.2 Å². The molecule has 0 bridgehead atoms. The highest BCUT2D eigenvalue weighted by Gasteiger charge is 2.11. The molecule has 0 saturated heterocycles. The highest BCUT2D eigenvalue weighted by molar-refractivity contribution is 6.42. The van der Waals surface area contributed by atoms with Crippen LogP contribution in [0.3, 0.4) is 0 Å². The van der Waals surface area contributed by atoms with Crippen molar-refractivity contribution in [1.29, 1.82) is 5.26 Å². The van der Waals surface area contributed by atoms with Gasteiger partial charge in [0.25, 0.3) is 0 Å². The van der Waals surface area contributed by atoms with Gasteiger partial charge in [-0.05, 0) is 12.1 Å². The number of nitriles is 1. The minimum atomic E-state index is 0.327. The van der Waals surface area contributed by atoms with Crippen LogP contribution in [-0.4, -0.2) is 10.4 Å². The fraction of sp³-hybridized carbons (Fsp3) is 0. The lowest BCUT2D eigenvalue weighted by Crippen LogP contribution is -1.86. The molecular formula is C9H3Cl2N3O. The lowest BCUT2D eigenvalue weighted by atomic mass is 10.1. The molecule has 0 saturated carbocycles. The molecule has 6 heteroatoms. The number of hydrogen-bond acceptors (Lipinski definition) is 4. The van der Waals surface area contributed by atoms with Crippen molar-refractivity contribution in [1.82, 2.24) is 10.4 Å².